The fourth-order valence-electron chi connectivity index (χ4n) is 3.10. The average molecular weight is 399 g/mol. The van der Waals surface area contributed by atoms with Gasteiger partial charge in [-0.1, -0.05) is 12.1 Å². The average Bonchev–Trinajstić information content (AvgIpc) is 2.73. The van der Waals surface area contributed by atoms with E-state index in [1.54, 1.807) is 36.8 Å². The fourth-order valence-corrected chi connectivity index (χ4v) is 3.10. The molecule has 0 atom stereocenters. The van der Waals surface area contributed by atoms with Gasteiger partial charge in [-0.2, -0.15) is 0 Å². The molecule has 9 heteroatoms. The van der Waals surface area contributed by atoms with Crippen LogP contribution in [0, 0.1) is 6.92 Å². The van der Waals surface area contributed by atoms with Gasteiger partial charge in [-0.25, -0.2) is 14.8 Å². The summed E-state index contributed by atoms with van der Waals surface area (Å²) < 4.78 is 10.4. The number of hydrogen-bond donors (Lipinski definition) is 1. The van der Waals surface area contributed by atoms with Crippen molar-refractivity contribution < 1.29 is 19.1 Å². The standard InChI is InChI=1S/C20H25N5O4/c1-4-29-20(27)25-11-9-24(10-12-25)19(26)16-13-18(22-14(2)21-16)23-15-7-5-6-8-17(15)28-3/h5-8,13H,4,9-12H2,1-3H3,(H,21,22,23). The van der Waals surface area contributed by atoms with Crippen molar-refractivity contribution in [2.75, 3.05) is 45.2 Å². The third kappa shape index (κ3) is 4.92. The summed E-state index contributed by atoms with van der Waals surface area (Å²) in [4.78, 5) is 36.7. The second kappa shape index (κ2) is 9.22. The van der Waals surface area contributed by atoms with Crippen molar-refractivity contribution in [2.45, 2.75) is 13.8 Å². The topological polar surface area (TPSA) is 96.9 Å². The van der Waals surface area contributed by atoms with Crippen LogP contribution in [-0.4, -0.2) is 71.7 Å². The summed E-state index contributed by atoms with van der Waals surface area (Å²) >= 11 is 0. The van der Waals surface area contributed by atoms with E-state index in [0.717, 1.165) is 5.69 Å². The molecule has 1 aromatic carbocycles. The Bertz CT molecular complexity index is 881. The Morgan fingerprint density at radius 2 is 1.79 bits per heavy atom. The summed E-state index contributed by atoms with van der Waals surface area (Å²) in [5.41, 5.74) is 1.05. The molecule has 2 amide bonds. The number of piperazine rings is 1. The number of aromatic nitrogens is 2. The first-order valence-electron chi connectivity index (χ1n) is 9.48. The highest BCUT2D eigenvalue weighted by Crippen LogP contribution is 2.26. The first kappa shape index (κ1) is 20.4. The van der Waals surface area contributed by atoms with Gasteiger partial charge < -0.3 is 24.6 Å². The highest BCUT2D eigenvalue weighted by atomic mass is 16.6. The highest BCUT2D eigenvalue weighted by Gasteiger charge is 2.26. The monoisotopic (exact) mass is 399 g/mol. The van der Waals surface area contributed by atoms with E-state index >= 15 is 0 Å². The zero-order valence-corrected chi connectivity index (χ0v) is 16.8. The summed E-state index contributed by atoms with van der Waals surface area (Å²) in [7, 11) is 1.59. The molecular formula is C20H25N5O4. The third-order valence-electron chi connectivity index (χ3n) is 4.52. The number of benzene rings is 1. The van der Waals surface area contributed by atoms with E-state index in [1.807, 2.05) is 24.3 Å². The van der Waals surface area contributed by atoms with E-state index in [0.29, 0.717) is 55.9 Å². The van der Waals surface area contributed by atoms with Gasteiger partial charge in [0.05, 0.1) is 19.4 Å². The van der Waals surface area contributed by atoms with E-state index in [9.17, 15) is 9.59 Å². The molecule has 0 radical (unpaired) electrons. The second-order valence-corrected chi connectivity index (χ2v) is 6.49. The Balaban J connectivity index is 1.71. The Hall–Kier alpha value is -3.36. The molecule has 1 N–H and O–H groups in total. The largest absolute Gasteiger partial charge is 0.495 e. The predicted octanol–water partition coefficient (Wildman–Crippen LogP) is 2.45. The van der Waals surface area contributed by atoms with E-state index in [2.05, 4.69) is 15.3 Å². The Morgan fingerprint density at radius 3 is 2.48 bits per heavy atom. The quantitative estimate of drug-likeness (QED) is 0.825. The summed E-state index contributed by atoms with van der Waals surface area (Å²) in [6.45, 7) is 5.56. The Labute approximate surface area is 169 Å². The molecule has 3 rings (SSSR count). The lowest BCUT2D eigenvalue weighted by atomic mass is 10.2. The summed E-state index contributed by atoms with van der Waals surface area (Å²) in [5.74, 6) is 1.47. The molecule has 0 spiro atoms. The number of ether oxygens (including phenoxy) is 2. The normalized spacial score (nSPS) is 13.8. The minimum absolute atomic E-state index is 0.193. The first-order chi connectivity index (χ1) is 14.0. The lowest BCUT2D eigenvalue weighted by molar-refractivity contribution is 0.0565. The zero-order valence-electron chi connectivity index (χ0n) is 16.8. The molecule has 1 aliphatic rings. The number of nitrogens with one attached hydrogen (secondary N) is 1. The number of rotatable bonds is 5. The molecule has 1 fully saturated rings. The van der Waals surface area contributed by atoms with E-state index in [4.69, 9.17) is 9.47 Å². The van der Waals surface area contributed by atoms with Crippen LogP contribution in [-0.2, 0) is 4.74 Å². The molecule has 0 bridgehead atoms. The molecule has 2 heterocycles. The molecule has 154 valence electrons. The summed E-state index contributed by atoms with van der Waals surface area (Å²) in [5, 5.41) is 3.18. The maximum atomic E-state index is 12.9. The number of nitrogens with zero attached hydrogens (tertiary/aromatic N) is 4. The van der Waals surface area contributed by atoms with Crippen LogP contribution >= 0.6 is 0 Å². The van der Waals surface area contributed by atoms with Crippen molar-refractivity contribution in [1.82, 2.24) is 19.8 Å². The molecule has 1 aromatic heterocycles. The van der Waals surface area contributed by atoms with Crippen molar-refractivity contribution in [3.05, 3.63) is 41.9 Å². The van der Waals surface area contributed by atoms with Crippen molar-refractivity contribution in [2.24, 2.45) is 0 Å². The molecule has 2 aromatic rings. The predicted molar refractivity (Wildman–Crippen MR) is 108 cm³/mol. The Kier molecular flexibility index (Phi) is 6.48. The number of carbonyl (C=O) groups is 2. The van der Waals surface area contributed by atoms with Crippen molar-refractivity contribution >= 4 is 23.5 Å². The fraction of sp³-hybridized carbons (Fsp3) is 0.400. The maximum absolute atomic E-state index is 12.9. The van der Waals surface area contributed by atoms with Gasteiger partial charge in [0.1, 0.15) is 23.1 Å². The van der Waals surface area contributed by atoms with Gasteiger partial charge in [-0.05, 0) is 26.0 Å². The molecule has 1 aliphatic heterocycles. The van der Waals surface area contributed by atoms with Gasteiger partial charge in [0, 0.05) is 32.2 Å². The van der Waals surface area contributed by atoms with Crippen molar-refractivity contribution in [3.8, 4) is 5.75 Å². The number of carbonyl (C=O) groups excluding carboxylic acids is 2. The van der Waals surface area contributed by atoms with Crippen LogP contribution in [0.4, 0.5) is 16.3 Å². The number of amides is 2. The molecule has 9 nitrogen and oxygen atoms in total. The van der Waals surface area contributed by atoms with E-state index in [-0.39, 0.29) is 12.0 Å². The van der Waals surface area contributed by atoms with Gasteiger partial charge in [-0.3, -0.25) is 4.79 Å². The first-order valence-corrected chi connectivity index (χ1v) is 9.48. The van der Waals surface area contributed by atoms with Gasteiger partial charge in [0.15, 0.2) is 0 Å². The third-order valence-corrected chi connectivity index (χ3v) is 4.52. The molecule has 0 saturated carbocycles. The minimum Gasteiger partial charge on any atom is -0.495 e. The van der Waals surface area contributed by atoms with Crippen LogP contribution in [0.2, 0.25) is 0 Å². The zero-order chi connectivity index (χ0) is 20.8. The molecule has 1 saturated heterocycles. The van der Waals surface area contributed by atoms with Crippen LogP contribution in [0.5, 0.6) is 5.75 Å². The highest BCUT2D eigenvalue weighted by molar-refractivity contribution is 5.93. The number of hydrogen-bond acceptors (Lipinski definition) is 7. The summed E-state index contributed by atoms with van der Waals surface area (Å²) in [6.07, 6.45) is -0.347. The van der Waals surface area contributed by atoms with Crippen LogP contribution < -0.4 is 10.1 Å². The van der Waals surface area contributed by atoms with Crippen LogP contribution in [0.1, 0.15) is 23.2 Å². The SMILES string of the molecule is CCOC(=O)N1CCN(C(=O)c2cc(Nc3ccccc3OC)nc(C)n2)CC1. The van der Waals surface area contributed by atoms with Crippen LogP contribution in [0.3, 0.4) is 0 Å². The van der Waals surface area contributed by atoms with Crippen LogP contribution in [0.15, 0.2) is 30.3 Å². The van der Waals surface area contributed by atoms with Crippen molar-refractivity contribution in [1.29, 1.82) is 0 Å². The molecule has 0 unspecified atom stereocenters. The summed E-state index contributed by atoms with van der Waals surface area (Å²) in [6, 6.07) is 9.09. The van der Waals surface area contributed by atoms with Crippen LogP contribution in [0.25, 0.3) is 0 Å². The van der Waals surface area contributed by atoms with E-state index in [1.165, 1.54) is 0 Å². The molecular weight excluding hydrogens is 374 g/mol. The minimum atomic E-state index is -0.347. The lowest BCUT2D eigenvalue weighted by Crippen LogP contribution is -2.50. The number of para-hydroxylation sites is 2. The number of aryl methyl sites for hydroxylation is 1. The maximum Gasteiger partial charge on any atom is 0.409 e. The van der Waals surface area contributed by atoms with Gasteiger partial charge in [0.2, 0.25) is 0 Å². The lowest BCUT2D eigenvalue weighted by Gasteiger charge is -2.33. The van der Waals surface area contributed by atoms with E-state index < -0.39 is 0 Å². The Morgan fingerprint density at radius 1 is 1.10 bits per heavy atom. The van der Waals surface area contributed by atoms with Gasteiger partial charge in [-0.15, -0.1) is 0 Å². The number of methoxy groups -OCH3 is 1. The molecule has 0 aliphatic carbocycles. The number of anilines is 2. The molecule has 29 heavy (non-hydrogen) atoms. The second-order valence-electron chi connectivity index (χ2n) is 6.49. The van der Waals surface area contributed by atoms with Crippen molar-refractivity contribution in [3.63, 3.8) is 0 Å². The smallest absolute Gasteiger partial charge is 0.409 e. The van der Waals surface area contributed by atoms with Gasteiger partial charge >= 0.3 is 6.09 Å². The van der Waals surface area contributed by atoms with Gasteiger partial charge in [0.25, 0.3) is 5.91 Å².